The van der Waals surface area contributed by atoms with Crippen molar-refractivity contribution in [3.63, 3.8) is 0 Å². The van der Waals surface area contributed by atoms with Crippen LogP contribution in [0, 0.1) is 6.92 Å². The number of nitrogens with one attached hydrogen (secondary N) is 1. The highest BCUT2D eigenvalue weighted by atomic mass is 16.5. The van der Waals surface area contributed by atoms with E-state index >= 15 is 0 Å². The molecule has 0 aliphatic heterocycles. The smallest absolute Gasteiger partial charge is 0.143 e. The summed E-state index contributed by atoms with van der Waals surface area (Å²) in [6, 6.07) is 3.78. The van der Waals surface area contributed by atoms with Crippen molar-refractivity contribution in [3.8, 4) is 11.5 Å². The maximum atomic E-state index is 5.76. The number of rotatable bonds is 3. The molecule has 0 unspecified atom stereocenters. The fourth-order valence-corrected chi connectivity index (χ4v) is 2.03. The van der Waals surface area contributed by atoms with Gasteiger partial charge in [-0.2, -0.15) is 0 Å². The van der Waals surface area contributed by atoms with Gasteiger partial charge in [-0.1, -0.05) is 0 Å². The summed E-state index contributed by atoms with van der Waals surface area (Å²) in [7, 11) is 3.31. The number of methoxy groups -OCH3 is 2. The van der Waals surface area contributed by atoms with E-state index < -0.39 is 0 Å². The molecular weight excluding hydrogens is 204 g/mol. The number of aromatic amines is 1. The molecule has 1 aromatic carbocycles. The normalized spacial score (nSPS) is 10.8. The molecule has 4 heteroatoms. The zero-order valence-electron chi connectivity index (χ0n) is 9.76. The maximum Gasteiger partial charge on any atom is 0.143 e. The number of ether oxygens (including phenoxy) is 2. The largest absolute Gasteiger partial charge is 0.496 e. The Morgan fingerprint density at radius 2 is 1.81 bits per heavy atom. The number of hydrogen-bond acceptors (Lipinski definition) is 3. The van der Waals surface area contributed by atoms with Crippen LogP contribution in [0.15, 0.2) is 12.1 Å². The lowest BCUT2D eigenvalue weighted by molar-refractivity contribution is 0.410. The van der Waals surface area contributed by atoms with Crippen LogP contribution < -0.4 is 15.2 Å². The van der Waals surface area contributed by atoms with E-state index in [-0.39, 0.29) is 0 Å². The highest BCUT2D eigenvalue weighted by molar-refractivity contribution is 5.94. The van der Waals surface area contributed by atoms with Crippen LogP contribution in [0.4, 0.5) is 0 Å². The van der Waals surface area contributed by atoms with E-state index in [1.807, 2.05) is 19.1 Å². The molecule has 0 fully saturated rings. The van der Waals surface area contributed by atoms with Gasteiger partial charge in [0.2, 0.25) is 0 Å². The second-order valence-corrected chi connectivity index (χ2v) is 3.65. The summed E-state index contributed by atoms with van der Waals surface area (Å²) in [6.07, 6.45) is 0. The molecule has 0 atom stereocenters. The van der Waals surface area contributed by atoms with Gasteiger partial charge in [-0.25, -0.2) is 0 Å². The van der Waals surface area contributed by atoms with Crippen molar-refractivity contribution in [1.82, 2.24) is 4.98 Å². The summed E-state index contributed by atoms with van der Waals surface area (Å²) in [5.74, 6) is 1.62. The first-order valence-corrected chi connectivity index (χ1v) is 5.15. The monoisotopic (exact) mass is 220 g/mol. The minimum atomic E-state index is 0.482. The summed E-state index contributed by atoms with van der Waals surface area (Å²) in [5, 5.41) is 1.02. The molecule has 0 spiro atoms. The standard InChI is InChI=1S/C12H16N2O2/c1-7-8(6-13)11-9(15-2)4-5-10(16-3)12(11)14-7/h4-5,14H,6,13H2,1-3H3. The van der Waals surface area contributed by atoms with Gasteiger partial charge in [0.25, 0.3) is 0 Å². The van der Waals surface area contributed by atoms with Crippen molar-refractivity contribution in [2.45, 2.75) is 13.5 Å². The fourth-order valence-electron chi connectivity index (χ4n) is 2.03. The minimum absolute atomic E-state index is 0.482. The molecule has 0 aliphatic carbocycles. The van der Waals surface area contributed by atoms with Crippen molar-refractivity contribution >= 4 is 10.9 Å². The molecular formula is C12H16N2O2. The molecule has 3 N–H and O–H groups in total. The van der Waals surface area contributed by atoms with Crippen LogP contribution in [0.5, 0.6) is 11.5 Å². The van der Waals surface area contributed by atoms with Crippen LogP contribution in [0.25, 0.3) is 10.9 Å². The van der Waals surface area contributed by atoms with Gasteiger partial charge in [-0.3, -0.25) is 0 Å². The first-order valence-electron chi connectivity index (χ1n) is 5.15. The topological polar surface area (TPSA) is 60.3 Å². The highest BCUT2D eigenvalue weighted by Crippen LogP contribution is 2.36. The molecule has 0 amide bonds. The third-order valence-electron chi connectivity index (χ3n) is 2.84. The Kier molecular flexibility index (Phi) is 2.75. The Labute approximate surface area is 94.3 Å². The van der Waals surface area contributed by atoms with Gasteiger partial charge in [-0.15, -0.1) is 0 Å². The zero-order chi connectivity index (χ0) is 11.7. The zero-order valence-corrected chi connectivity index (χ0v) is 9.76. The number of hydrogen-bond donors (Lipinski definition) is 2. The first-order chi connectivity index (χ1) is 7.72. The SMILES string of the molecule is COc1ccc(OC)c2c(CN)c(C)[nH]c12. The van der Waals surface area contributed by atoms with Gasteiger partial charge < -0.3 is 20.2 Å². The number of benzene rings is 1. The van der Waals surface area contributed by atoms with Gasteiger partial charge in [0.05, 0.1) is 25.1 Å². The van der Waals surface area contributed by atoms with Crippen LogP contribution >= 0.6 is 0 Å². The maximum absolute atomic E-state index is 5.76. The second kappa shape index (κ2) is 4.06. The quantitative estimate of drug-likeness (QED) is 0.831. The molecule has 0 bridgehead atoms. The summed E-state index contributed by atoms with van der Waals surface area (Å²) >= 11 is 0. The Morgan fingerprint density at radius 3 is 2.38 bits per heavy atom. The average Bonchev–Trinajstić information content (AvgIpc) is 2.64. The number of H-pyrrole nitrogens is 1. The van der Waals surface area contributed by atoms with E-state index in [0.717, 1.165) is 33.7 Å². The summed E-state index contributed by atoms with van der Waals surface area (Å²) in [4.78, 5) is 3.29. The highest BCUT2D eigenvalue weighted by Gasteiger charge is 2.15. The number of aromatic nitrogens is 1. The van der Waals surface area contributed by atoms with Gasteiger partial charge in [-0.05, 0) is 24.6 Å². The Balaban J connectivity index is 2.85. The number of fused-ring (bicyclic) bond motifs is 1. The third kappa shape index (κ3) is 1.42. The summed E-state index contributed by atoms with van der Waals surface area (Å²) in [5.41, 5.74) is 8.83. The van der Waals surface area contributed by atoms with E-state index in [1.54, 1.807) is 14.2 Å². The molecule has 16 heavy (non-hydrogen) atoms. The lowest BCUT2D eigenvalue weighted by atomic mass is 10.1. The third-order valence-corrected chi connectivity index (χ3v) is 2.84. The molecule has 0 radical (unpaired) electrons. The molecule has 0 aliphatic rings. The minimum Gasteiger partial charge on any atom is -0.496 e. The fraction of sp³-hybridized carbons (Fsp3) is 0.333. The molecule has 0 saturated heterocycles. The predicted molar refractivity (Wildman–Crippen MR) is 64.0 cm³/mol. The Morgan fingerprint density at radius 1 is 1.19 bits per heavy atom. The van der Waals surface area contributed by atoms with E-state index in [4.69, 9.17) is 15.2 Å². The van der Waals surface area contributed by atoms with Crippen molar-refractivity contribution in [2.75, 3.05) is 14.2 Å². The number of aryl methyl sites for hydroxylation is 1. The molecule has 4 nitrogen and oxygen atoms in total. The molecule has 1 heterocycles. The number of nitrogens with two attached hydrogens (primary N) is 1. The molecule has 2 rings (SSSR count). The van der Waals surface area contributed by atoms with Gasteiger partial charge in [0, 0.05) is 12.2 Å². The molecule has 0 saturated carbocycles. The molecule has 86 valence electrons. The molecule has 1 aromatic heterocycles. The van der Waals surface area contributed by atoms with Crippen LogP contribution in [0.1, 0.15) is 11.3 Å². The van der Waals surface area contributed by atoms with Crippen LogP contribution in [-0.4, -0.2) is 19.2 Å². The van der Waals surface area contributed by atoms with Crippen LogP contribution in [0.3, 0.4) is 0 Å². The van der Waals surface area contributed by atoms with Crippen LogP contribution in [0.2, 0.25) is 0 Å². The first kappa shape index (κ1) is 10.8. The molecule has 2 aromatic rings. The lowest BCUT2D eigenvalue weighted by Gasteiger charge is -2.07. The van der Waals surface area contributed by atoms with Crippen molar-refractivity contribution < 1.29 is 9.47 Å². The van der Waals surface area contributed by atoms with Crippen molar-refractivity contribution in [3.05, 3.63) is 23.4 Å². The van der Waals surface area contributed by atoms with E-state index in [0.29, 0.717) is 6.54 Å². The predicted octanol–water partition coefficient (Wildman–Crippen LogP) is 1.95. The van der Waals surface area contributed by atoms with Crippen molar-refractivity contribution in [1.29, 1.82) is 0 Å². The van der Waals surface area contributed by atoms with Gasteiger partial charge >= 0.3 is 0 Å². The van der Waals surface area contributed by atoms with E-state index in [2.05, 4.69) is 4.98 Å². The Bertz CT molecular complexity index is 517. The van der Waals surface area contributed by atoms with Gasteiger partial charge in [0.15, 0.2) is 0 Å². The van der Waals surface area contributed by atoms with Crippen molar-refractivity contribution in [2.24, 2.45) is 5.73 Å². The second-order valence-electron chi connectivity index (χ2n) is 3.65. The van der Waals surface area contributed by atoms with E-state index in [1.165, 1.54) is 0 Å². The van der Waals surface area contributed by atoms with E-state index in [9.17, 15) is 0 Å². The van der Waals surface area contributed by atoms with Crippen LogP contribution in [-0.2, 0) is 6.54 Å². The Hall–Kier alpha value is -1.68. The summed E-state index contributed by atoms with van der Waals surface area (Å²) < 4.78 is 10.7. The van der Waals surface area contributed by atoms with Gasteiger partial charge in [0.1, 0.15) is 11.5 Å². The average molecular weight is 220 g/mol. The lowest BCUT2D eigenvalue weighted by Crippen LogP contribution is -1.98. The summed E-state index contributed by atoms with van der Waals surface area (Å²) in [6.45, 7) is 2.48.